The Labute approximate surface area is 112 Å². The molecule has 2 rings (SSSR count). The van der Waals surface area contributed by atoms with Gasteiger partial charge in [0.05, 0.1) is 0 Å². The molecule has 4 nitrogen and oxygen atoms in total. The summed E-state index contributed by atoms with van der Waals surface area (Å²) in [6, 6.07) is 8.50. The molecule has 0 amide bonds. The molecule has 0 unspecified atom stereocenters. The van der Waals surface area contributed by atoms with Crippen molar-refractivity contribution >= 4 is 17.6 Å². The van der Waals surface area contributed by atoms with Gasteiger partial charge in [0.15, 0.2) is 17.5 Å². The predicted octanol–water partition coefficient (Wildman–Crippen LogP) is 2.61. The van der Waals surface area contributed by atoms with E-state index in [1.807, 2.05) is 0 Å². The summed E-state index contributed by atoms with van der Waals surface area (Å²) >= 11 is 1.14. The second kappa shape index (κ2) is 5.66. The molecule has 1 aromatic heterocycles. The number of oxime groups is 1. The molecule has 0 bridgehead atoms. The second-order valence-corrected chi connectivity index (χ2v) is 4.62. The van der Waals surface area contributed by atoms with Gasteiger partial charge in [-0.2, -0.15) is 0 Å². The van der Waals surface area contributed by atoms with Crippen LogP contribution in [0.2, 0.25) is 0 Å². The molecule has 0 atom stereocenters. The van der Waals surface area contributed by atoms with Crippen LogP contribution >= 0.6 is 11.8 Å². The number of pyridine rings is 1. The van der Waals surface area contributed by atoms with Crippen molar-refractivity contribution in [2.24, 2.45) is 10.9 Å². The van der Waals surface area contributed by atoms with Gasteiger partial charge in [0.25, 0.3) is 0 Å². The van der Waals surface area contributed by atoms with E-state index in [2.05, 4.69) is 10.1 Å². The molecule has 0 aliphatic carbocycles. The molecule has 0 aliphatic heterocycles. The Hall–Kier alpha value is -2.15. The minimum absolute atomic E-state index is 0.118. The van der Waals surface area contributed by atoms with Crippen LogP contribution in [0, 0.1) is 11.6 Å². The quantitative estimate of drug-likeness (QED) is 0.392. The Bertz CT molecular complexity index is 634. The summed E-state index contributed by atoms with van der Waals surface area (Å²) in [5, 5.41) is 11.9. The number of hydrogen-bond donors (Lipinski definition) is 2. The molecule has 0 fully saturated rings. The van der Waals surface area contributed by atoms with Crippen molar-refractivity contribution in [3.8, 4) is 0 Å². The first kappa shape index (κ1) is 13.3. The lowest BCUT2D eigenvalue weighted by atomic mass is 10.3. The molecule has 1 aromatic carbocycles. The lowest BCUT2D eigenvalue weighted by molar-refractivity contribution is 0.318. The smallest absolute Gasteiger partial charge is 0.188 e. The van der Waals surface area contributed by atoms with Crippen molar-refractivity contribution in [3.05, 3.63) is 53.7 Å². The minimum Gasteiger partial charge on any atom is -0.409 e. The number of rotatable bonds is 3. The van der Waals surface area contributed by atoms with Crippen molar-refractivity contribution in [1.29, 1.82) is 0 Å². The normalized spacial score (nSPS) is 11.6. The van der Waals surface area contributed by atoms with Crippen LogP contribution in [0.4, 0.5) is 8.78 Å². The fraction of sp³-hybridized carbons (Fsp3) is 0. The lowest BCUT2D eigenvalue weighted by Crippen LogP contribution is -2.14. The average Bonchev–Trinajstić information content (AvgIpc) is 2.42. The molecule has 1 heterocycles. The number of benzene rings is 1. The van der Waals surface area contributed by atoms with Gasteiger partial charge in [0.1, 0.15) is 10.7 Å². The summed E-state index contributed by atoms with van der Waals surface area (Å²) < 4.78 is 25.9. The lowest BCUT2D eigenvalue weighted by Gasteiger charge is -2.03. The van der Waals surface area contributed by atoms with Crippen LogP contribution in [0.3, 0.4) is 0 Å². The first-order chi connectivity index (χ1) is 9.10. The SMILES string of the molecule is NC(=NO)c1cccc(Sc2ccc(F)c(F)c2)n1. The largest absolute Gasteiger partial charge is 0.409 e. The van der Waals surface area contributed by atoms with Crippen LogP contribution in [-0.2, 0) is 0 Å². The van der Waals surface area contributed by atoms with Gasteiger partial charge in [-0.15, -0.1) is 0 Å². The van der Waals surface area contributed by atoms with E-state index in [0.717, 1.165) is 23.9 Å². The van der Waals surface area contributed by atoms with Gasteiger partial charge in [-0.1, -0.05) is 23.0 Å². The minimum atomic E-state index is -0.919. The third kappa shape index (κ3) is 3.19. The molecule has 0 radical (unpaired) electrons. The van der Waals surface area contributed by atoms with E-state index in [4.69, 9.17) is 10.9 Å². The van der Waals surface area contributed by atoms with Crippen LogP contribution in [0.5, 0.6) is 0 Å². The second-order valence-electron chi connectivity index (χ2n) is 3.52. The highest BCUT2D eigenvalue weighted by Gasteiger charge is 2.07. The van der Waals surface area contributed by atoms with E-state index >= 15 is 0 Å². The summed E-state index contributed by atoms with van der Waals surface area (Å²) in [6.07, 6.45) is 0. The van der Waals surface area contributed by atoms with Crippen LogP contribution in [0.25, 0.3) is 0 Å². The highest BCUT2D eigenvalue weighted by atomic mass is 32.2. The fourth-order valence-electron chi connectivity index (χ4n) is 1.33. The first-order valence-corrected chi connectivity index (χ1v) is 5.99. The monoisotopic (exact) mass is 281 g/mol. The van der Waals surface area contributed by atoms with Crippen LogP contribution in [-0.4, -0.2) is 16.0 Å². The van der Waals surface area contributed by atoms with Crippen molar-refractivity contribution in [3.63, 3.8) is 0 Å². The molecule has 2 aromatic rings. The van der Waals surface area contributed by atoms with E-state index < -0.39 is 11.6 Å². The van der Waals surface area contributed by atoms with Crippen LogP contribution in [0.1, 0.15) is 5.69 Å². The Kier molecular flexibility index (Phi) is 3.96. The number of halogens is 2. The summed E-state index contributed by atoms with van der Waals surface area (Å²) in [7, 11) is 0. The molecule has 19 heavy (non-hydrogen) atoms. The van der Waals surface area contributed by atoms with Gasteiger partial charge < -0.3 is 10.9 Å². The number of nitrogens with two attached hydrogens (primary N) is 1. The van der Waals surface area contributed by atoms with Gasteiger partial charge in [0.2, 0.25) is 0 Å². The Morgan fingerprint density at radius 3 is 2.68 bits per heavy atom. The Balaban J connectivity index is 2.26. The van der Waals surface area contributed by atoms with Gasteiger partial charge in [0, 0.05) is 4.90 Å². The molecule has 7 heteroatoms. The fourth-order valence-corrected chi connectivity index (χ4v) is 2.16. The molecular weight excluding hydrogens is 272 g/mol. The highest BCUT2D eigenvalue weighted by Crippen LogP contribution is 2.27. The summed E-state index contributed by atoms with van der Waals surface area (Å²) in [5.74, 6) is -1.94. The van der Waals surface area contributed by atoms with Gasteiger partial charge in [-0.25, -0.2) is 13.8 Å². The maximum atomic E-state index is 13.1. The summed E-state index contributed by atoms with van der Waals surface area (Å²) in [4.78, 5) is 4.62. The van der Waals surface area contributed by atoms with Crippen molar-refractivity contribution in [2.75, 3.05) is 0 Å². The third-order valence-electron chi connectivity index (χ3n) is 2.21. The number of aromatic nitrogens is 1. The number of hydrogen-bond acceptors (Lipinski definition) is 4. The van der Waals surface area contributed by atoms with Gasteiger partial charge in [-0.3, -0.25) is 0 Å². The molecule has 3 N–H and O–H groups in total. The topological polar surface area (TPSA) is 71.5 Å². The first-order valence-electron chi connectivity index (χ1n) is 5.18. The maximum Gasteiger partial charge on any atom is 0.188 e. The van der Waals surface area contributed by atoms with Crippen molar-refractivity contribution in [1.82, 2.24) is 4.98 Å². The molecule has 0 spiro atoms. The average molecular weight is 281 g/mol. The van der Waals surface area contributed by atoms with Crippen molar-refractivity contribution in [2.45, 2.75) is 9.92 Å². The van der Waals surface area contributed by atoms with Gasteiger partial charge >= 0.3 is 0 Å². The molecule has 98 valence electrons. The zero-order chi connectivity index (χ0) is 13.8. The third-order valence-corrected chi connectivity index (χ3v) is 3.13. The maximum absolute atomic E-state index is 13.1. The molecule has 0 saturated carbocycles. The van der Waals surface area contributed by atoms with E-state index in [1.54, 1.807) is 18.2 Å². The van der Waals surface area contributed by atoms with E-state index in [1.165, 1.54) is 6.07 Å². The van der Waals surface area contributed by atoms with Crippen LogP contribution < -0.4 is 5.73 Å². The zero-order valence-corrected chi connectivity index (χ0v) is 10.4. The molecule has 0 saturated heterocycles. The highest BCUT2D eigenvalue weighted by molar-refractivity contribution is 7.99. The number of nitrogens with zero attached hydrogens (tertiary/aromatic N) is 2. The number of amidine groups is 1. The van der Waals surface area contributed by atoms with Gasteiger partial charge in [-0.05, 0) is 30.3 Å². The van der Waals surface area contributed by atoms with Crippen LogP contribution in [0.15, 0.2) is 51.5 Å². The standard InChI is InChI=1S/C12H9F2N3OS/c13-8-5-4-7(6-9(8)14)19-11-3-1-2-10(16-11)12(15)17-18/h1-6,18H,(H2,15,17). The summed E-state index contributed by atoms with van der Waals surface area (Å²) in [6.45, 7) is 0. The van der Waals surface area contributed by atoms with E-state index in [-0.39, 0.29) is 5.84 Å². The predicted molar refractivity (Wildman–Crippen MR) is 67.2 cm³/mol. The van der Waals surface area contributed by atoms with Crippen molar-refractivity contribution < 1.29 is 14.0 Å². The Morgan fingerprint density at radius 2 is 2.00 bits per heavy atom. The summed E-state index contributed by atoms with van der Waals surface area (Å²) in [5.41, 5.74) is 5.72. The molecule has 0 aliphatic rings. The van der Waals surface area contributed by atoms with E-state index in [9.17, 15) is 8.78 Å². The molecular formula is C12H9F2N3OS. The zero-order valence-electron chi connectivity index (χ0n) is 9.55. The Morgan fingerprint density at radius 1 is 1.21 bits per heavy atom. The van der Waals surface area contributed by atoms with E-state index in [0.29, 0.717) is 15.6 Å².